The SMILES string of the molecule is CC(C)(C)OC(=O)C(C)(C)ON=C(C(=O)NC1C(=O)N2C(C(=O)OC(c3ccccc3)c3ccccc3)=C(CCl)CS[C@@H]12)c1csc(NC(c2ccccc2)(c2ccccc2)c2ccccc2)n1. The fraction of sp³-hybridized carbons (Fsp3) is 0.245. The van der Waals surface area contributed by atoms with Gasteiger partial charge in [0, 0.05) is 17.0 Å². The summed E-state index contributed by atoms with van der Waals surface area (Å²) in [7, 11) is 0. The van der Waals surface area contributed by atoms with Gasteiger partial charge in [0.15, 0.2) is 16.9 Å². The molecule has 0 spiro atoms. The first-order chi connectivity index (χ1) is 32.7. The molecule has 3 heterocycles. The van der Waals surface area contributed by atoms with E-state index in [0.29, 0.717) is 16.5 Å². The predicted octanol–water partition coefficient (Wildman–Crippen LogP) is 9.61. The van der Waals surface area contributed by atoms with Crippen molar-refractivity contribution in [2.75, 3.05) is 16.9 Å². The van der Waals surface area contributed by atoms with Crippen molar-refractivity contribution in [3.63, 3.8) is 0 Å². The lowest BCUT2D eigenvalue weighted by atomic mass is 9.77. The van der Waals surface area contributed by atoms with Crippen LogP contribution < -0.4 is 10.6 Å². The second-order valence-electron chi connectivity index (χ2n) is 17.6. The van der Waals surface area contributed by atoms with Crippen LogP contribution in [0.2, 0.25) is 0 Å². The standard InChI is InChI=1S/C53H50ClN5O7S2/c1-51(2,3)65-49(63)52(4,5)66-58-41(40-33-68-50(55-40)57-53(37-25-15-8-16-26-37,38-27-17-9-18-28-38)39-29-19-10-20-30-39)45(60)56-42-46(61)59-43(36(31-54)32-67-47(42)59)48(62)64-44(34-21-11-6-12-22-34)35-23-13-7-14-24-35/h6-30,33,42,44,47H,31-32H2,1-5H3,(H,55,57)(H,56,60)/t42?,47-/m0/s1. The number of nitrogens with zero attached hydrogens (tertiary/aromatic N) is 3. The lowest BCUT2D eigenvalue weighted by Crippen LogP contribution is -2.71. The monoisotopic (exact) mass is 967 g/mol. The third-order valence-electron chi connectivity index (χ3n) is 11.3. The summed E-state index contributed by atoms with van der Waals surface area (Å²) in [6.07, 6.45) is -0.770. The van der Waals surface area contributed by atoms with Crippen LogP contribution in [-0.4, -0.2) is 73.6 Å². The molecule has 2 aliphatic rings. The molecule has 5 aromatic carbocycles. The molecule has 1 aromatic heterocycles. The first kappa shape index (κ1) is 47.7. The van der Waals surface area contributed by atoms with E-state index < -0.39 is 58.0 Å². The highest BCUT2D eigenvalue weighted by molar-refractivity contribution is 8.00. The van der Waals surface area contributed by atoms with Gasteiger partial charge in [-0.3, -0.25) is 14.5 Å². The Hall–Kier alpha value is -6.74. The Morgan fingerprint density at radius 1 is 0.779 bits per heavy atom. The van der Waals surface area contributed by atoms with E-state index in [1.807, 2.05) is 152 Å². The quantitative estimate of drug-likeness (QED) is 0.0240. The average Bonchev–Trinajstić information content (AvgIpc) is 3.82. The molecule has 12 nitrogen and oxygen atoms in total. The van der Waals surface area contributed by atoms with Crippen molar-refractivity contribution >= 4 is 69.3 Å². The number of thioether (sulfide) groups is 1. The molecule has 68 heavy (non-hydrogen) atoms. The van der Waals surface area contributed by atoms with E-state index in [-0.39, 0.29) is 23.0 Å². The average molecular weight is 969 g/mol. The summed E-state index contributed by atoms with van der Waals surface area (Å²) in [5.41, 5.74) is 1.27. The number of ether oxygens (including phenoxy) is 2. The number of β-lactam (4-membered cyclic amide) rings is 1. The second-order valence-corrected chi connectivity index (χ2v) is 19.8. The highest BCUT2D eigenvalue weighted by Crippen LogP contribution is 2.43. The van der Waals surface area contributed by atoms with Gasteiger partial charge in [0.1, 0.15) is 33.9 Å². The minimum Gasteiger partial charge on any atom is -0.457 e. The Morgan fingerprint density at radius 2 is 1.28 bits per heavy atom. The van der Waals surface area contributed by atoms with Crippen LogP contribution in [0.15, 0.2) is 173 Å². The molecule has 0 saturated carbocycles. The Kier molecular flexibility index (Phi) is 14.2. The van der Waals surface area contributed by atoms with E-state index in [4.69, 9.17) is 30.9 Å². The van der Waals surface area contributed by atoms with Crippen LogP contribution in [0.3, 0.4) is 0 Å². The first-order valence-electron chi connectivity index (χ1n) is 21.9. The Balaban J connectivity index is 1.10. The number of thiazole rings is 1. The number of oxime groups is 1. The fourth-order valence-corrected chi connectivity index (χ4v) is 10.3. The third-order valence-corrected chi connectivity index (χ3v) is 13.7. The smallest absolute Gasteiger partial charge is 0.356 e. The van der Waals surface area contributed by atoms with Gasteiger partial charge in [-0.15, -0.1) is 34.7 Å². The van der Waals surface area contributed by atoms with Gasteiger partial charge in [-0.1, -0.05) is 157 Å². The van der Waals surface area contributed by atoms with E-state index >= 15 is 0 Å². The van der Waals surface area contributed by atoms with E-state index in [0.717, 1.165) is 27.8 Å². The maximum atomic E-state index is 14.6. The van der Waals surface area contributed by atoms with Gasteiger partial charge in [0.25, 0.3) is 11.8 Å². The molecular weight excluding hydrogens is 918 g/mol. The van der Waals surface area contributed by atoms with Crippen LogP contribution in [0, 0.1) is 0 Å². The number of fused-ring (bicyclic) bond motifs is 1. The van der Waals surface area contributed by atoms with Gasteiger partial charge in [0.05, 0.1) is 0 Å². The number of benzene rings is 5. The zero-order valence-corrected chi connectivity index (χ0v) is 40.4. The molecule has 348 valence electrons. The number of nitrogens with one attached hydrogen (secondary N) is 2. The molecule has 1 fully saturated rings. The molecule has 2 aliphatic heterocycles. The van der Waals surface area contributed by atoms with Crippen molar-refractivity contribution < 1.29 is 33.5 Å². The first-order valence-corrected chi connectivity index (χ1v) is 24.4. The van der Waals surface area contributed by atoms with Gasteiger partial charge >= 0.3 is 11.9 Å². The highest BCUT2D eigenvalue weighted by atomic mass is 35.5. The second kappa shape index (κ2) is 20.2. The van der Waals surface area contributed by atoms with Crippen molar-refractivity contribution in [1.82, 2.24) is 15.2 Å². The fourth-order valence-electron chi connectivity index (χ4n) is 7.92. The van der Waals surface area contributed by atoms with Crippen molar-refractivity contribution in [2.24, 2.45) is 5.16 Å². The summed E-state index contributed by atoms with van der Waals surface area (Å²) in [6, 6.07) is 47.5. The number of carbonyl (C=O) groups is 4. The van der Waals surface area contributed by atoms with E-state index in [1.54, 1.807) is 26.2 Å². The number of hydrogen-bond acceptors (Lipinski definition) is 12. The molecular formula is C53H50ClN5O7S2. The molecule has 6 aromatic rings. The summed E-state index contributed by atoms with van der Waals surface area (Å²) in [4.78, 5) is 68.6. The maximum absolute atomic E-state index is 14.6. The van der Waals surface area contributed by atoms with Gasteiger partial charge in [-0.05, 0) is 68.0 Å². The van der Waals surface area contributed by atoms with E-state index in [1.165, 1.54) is 41.8 Å². The largest absolute Gasteiger partial charge is 0.457 e. The van der Waals surface area contributed by atoms with Crippen LogP contribution >= 0.6 is 34.7 Å². The van der Waals surface area contributed by atoms with E-state index in [2.05, 4.69) is 15.8 Å². The topological polar surface area (TPSA) is 149 Å². The number of aromatic nitrogens is 1. The molecule has 1 unspecified atom stereocenters. The summed E-state index contributed by atoms with van der Waals surface area (Å²) in [5, 5.41) is 12.3. The number of alkyl halides is 1. The summed E-state index contributed by atoms with van der Waals surface area (Å²) in [5.74, 6) is -2.49. The Labute approximate surface area is 408 Å². The summed E-state index contributed by atoms with van der Waals surface area (Å²) >= 11 is 9.01. The molecule has 2 atom stereocenters. The zero-order valence-electron chi connectivity index (χ0n) is 38.1. The minimum absolute atomic E-state index is 0.0197. The number of carbonyl (C=O) groups excluding carboxylic acids is 4. The molecule has 0 aliphatic carbocycles. The van der Waals surface area contributed by atoms with Gasteiger partial charge in [0.2, 0.25) is 5.60 Å². The van der Waals surface area contributed by atoms with Crippen LogP contribution in [0.1, 0.15) is 74.2 Å². The molecule has 15 heteroatoms. The molecule has 8 rings (SSSR count). The normalized spacial score (nSPS) is 16.4. The Bertz CT molecular complexity index is 2680. The Morgan fingerprint density at radius 3 is 1.76 bits per heavy atom. The lowest BCUT2D eigenvalue weighted by molar-refractivity contribution is -0.179. The minimum atomic E-state index is -1.64. The summed E-state index contributed by atoms with van der Waals surface area (Å²) in [6.45, 7) is 8.16. The molecule has 0 bridgehead atoms. The number of halogens is 1. The van der Waals surface area contributed by atoms with Gasteiger partial charge in [-0.2, -0.15) is 0 Å². The van der Waals surface area contributed by atoms with E-state index in [9.17, 15) is 19.2 Å². The van der Waals surface area contributed by atoms with Crippen LogP contribution in [0.5, 0.6) is 0 Å². The lowest BCUT2D eigenvalue weighted by Gasteiger charge is -2.49. The number of esters is 2. The van der Waals surface area contributed by atoms with Crippen LogP contribution in [0.25, 0.3) is 0 Å². The zero-order chi connectivity index (χ0) is 48.1. The molecule has 2 N–H and O–H groups in total. The summed E-state index contributed by atoms with van der Waals surface area (Å²) < 4.78 is 11.8. The van der Waals surface area contributed by atoms with Crippen molar-refractivity contribution in [3.05, 3.63) is 202 Å². The van der Waals surface area contributed by atoms with Crippen molar-refractivity contribution in [2.45, 2.75) is 68.9 Å². The van der Waals surface area contributed by atoms with Crippen molar-refractivity contribution in [1.29, 1.82) is 0 Å². The maximum Gasteiger partial charge on any atom is 0.356 e. The highest BCUT2D eigenvalue weighted by Gasteiger charge is 2.55. The van der Waals surface area contributed by atoms with Crippen molar-refractivity contribution in [3.8, 4) is 0 Å². The molecule has 2 amide bonds. The number of amides is 2. The molecule has 0 radical (unpaired) electrons. The number of rotatable bonds is 16. The van der Waals surface area contributed by atoms with Gasteiger partial charge in [-0.25, -0.2) is 14.6 Å². The van der Waals surface area contributed by atoms with Crippen LogP contribution in [-0.2, 0) is 39.0 Å². The number of hydrogen-bond donors (Lipinski definition) is 2. The number of anilines is 1. The van der Waals surface area contributed by atoms with Crippen LogP contribution in [0.4, 0.5) is 5.13 Å². The van der Waals surface area contributed by atoms with Gasteiger partial charge < -0.3 is 24.9 Å². The predicted molar refractivity (Wildman–Crippen MR) is 266 cm³/mol. The molecule has 1 saturated heterocycles. The third kappa shape index (κ3) is 10.1.